The highest BCUT2D eigenvalue weighted by Crippen LogP contribution is 2.23. The lowest BCUT2D eigenvalue weighted by Crippen LogP contribution is -2.22. The molecule has 0 fully saturated rings. The van der Waals surface area contributed by atoms with Gasteiger partial charge in [0.05, 0.1) is 15.9 Å². The standard InChI is InChI=1S/C22H27N3O4S/c1-4-14-25-20-12-11-18(30(27,28)24(2)3)15-19(20)23-21(25)16-29-22(26)13-10-17-8-6-5-7-9-17/h5-9,11-12,15H,4,10,13-14,16H2,1-3H3. The third-order valence-electron chi connectivity index (χ3n) is 4.85. The average molecular weight is 430 g/mol. The maximum Gasteiger partial charge on any atom is 0.306 e. The van der Waals surface area contributed by atoms with Crippen molar-refractivity contribution in [2.24, 2.45) is 0 Å². The fourth-order valence-electron chi connectivity index (χ4n) is 3.22. The third-order valence-corrected chi connectivity index (χ3v) is 6.66. The Morgan fingerprint density at radius 2 is 1.87 bits per heavy atom. The van der Waals surface area contributed by atoms with Gasteiger partial charge in [-0.1, -0.05) is 37.3 Å². The number of sulfonamides is 1. The molecule has 0 aliphatic carbocycles. The van der Waals surface area contributed by atoms with Crippen molar-refractivity contribution in [2.45, 2.75) is 44.2 Å². The molecule has 0 unspecified atom stereocenters. The van der Waals surface area contributed by atoms with Crippen LogP contribution in [-0.4, -0.2) is 42.3 Å². The molecule has 0 saturated carbocycles. The fraction of sp³-hybridized carbons (Fsp3) is 0.364. The predicted octanol–water partition coefficient (Wildman–Crippen LogP) is 3.37. The second-order valence-electron chi connectivity index (χ2n) is 7.26. The van der Waals surface area contributed by atoms with E-state index in [9.17, 15) is 13.2 Å². The van der Waals surface area contributed by atoms with Gasteiger partial charge in [0, 0.05) is 27.1 Å². The summed E-state index contributed by atoms with van der Waals surface area (Å²) in [6, 6.07) is 14.7. The van der Waals surface area contributed by atoms with Crippen LogP contribution in [0.2, 0.25) is 0 Å². The second-order valence-corrected chi connectivity index (χ2v) is 9.42. The van der Waals surface area contributed by atoms with Crippen molar-refractivity contribution in [1.29, 1.82) is 0 Å². The van der Waals surface area contributed by atoms with Gasteiger partial charge in [-0.25, -0.2) is 17.7 Å². The number of esters is 1. The minimum absolute atomic E-state index is 0.0536. The molecule has 0 aliphatic rings. The molecule has 0 N–H and O–H groups in total. The van der Waals surface area contributed by atoms with Crippen molar-refractivity contribution in [1.82, 2.24) is 13.9 Å². The Balaban J connectivity index is 1.77. The number of ether oxygens (including phenoxy) is 1. The lowest BCUT2D eigenvalue weighted by Gasteiger charge is -2.11. The summed E-state index contributed by atoms with van der Waals surface area (Å²) in [5.41, 5.74) is 2.48. The maximum atomic E-state index is 12.4. The van der Waals surface area contributed by atoms with Crippen LogP contribution in [-0.2, 0) is 39.1 Å². The molecule has 0 aliphatic heterocycles. The van der Waals surface area contributed by atoms with Crippen molar-refractivity contribution in [3.8, 4) is 0 Å². The number of nitrogens with zero attached hydrogens (tertiary/aromatic N) is 3. The van der Waals surface area contributed by atoms with Crippen LogP contribution in [0.25, 0.3) is 11.0 Å². The molecule has 8 heteroatoms. The zero-order chi connectivity index (χ0) is 21.7. The van der Waals surface area contributed by atoms with E-state index in [0.717, 1.165) is 17.5 Å². The predicted molar refractivity (Wildman–Crippen MR) is 115 cm³/mol. The van der Waals surface area contributed by atoms with E-state index in [1.807, 2.05) is 41.8 Å². The molecule has 30 heavy (non-hydrogen) atoms. The lowest BCUT2D eigenvalue weighted by molar-refractivity contribution is -0.145. The highest BCUT2D eigenvalue weighted by atomic mass is 32.2. The van der Waals surface area contributed by atoms with Gasteiger partial charge in [-0.15, -0.1) is 0 Å². The first-order valence-electron chi connectivity index (χ1n) is 9.94. The molecule has 3 aromatic rings. The van der Waals surface area contributed by atoms with Crippen LogP contribution in [0.4, 0.5) is 0 Å². The van der Waals surface area contributed by atoms with E-state index in [-0.39, 0.29) is 17.5 Å². The number of hydrogen-bond donors (Lipinski definition) is 0. The summed E-state index contributed by atoms with van der Waals surface area (Å²) in [5.74, 6) is 0.323. The minimum Gasteiger partial charge on any atom is -0.457 e. The fourth-order valence-corrected chi connectivity index (χ4v) is 4.14. The van der Waals surface area contributed by atoms with Crippen LogP contribution in [0, 0.1) is 0 Å². The molecular weight excluding hydrogens is 402 g/mol. The summed E-state index contributed by atoms with van der Waals surface area (Å²) in [6.07, 6.45) is 1.79. The van der Waals surface area contributed by atoms with Crippen LogP contribution in [0.1, 0.15) is 31.2 Å². The first-order valence-corrected chi connectivity index (χ1v) is 11.4. The third kappa shape index (κ3) is 4.88. The van der Waals surface area contributed by atoms with Gasteiger partial charge in [-0.05, 0) is 36.6 Å². The summed E-state index contributed by atoms with van der Waals surface area (Å²) in [4.78, 5) is 16.9. The topological polar surface area (TPSA) is 81.5 Å². The molecule has 0 spiro atoms. The van der Waals surface area contributed by atoms with E-state index in [4.69, 9.17) is 4.74 Å². The van der Waals surface area contributed by atoms with E-state index >= 15 is 0 Å². The second kappa shape index (κ2) is 9.40. The molecule has 7 nitrogen and oxygen atoms in total. The smallest absolute Gasteiger partial charge is 0.306 e. The SMILES string of the molecule is CCCn1c(COC(=O)CCc2ccccc2)nc2cc(S(=O)(=O)N(C)C)ccc21. The first-order chi connectivity index (χ1) is 14.3. The van der Waals surface area contributed by atoms with E-state index in [0.29, 0.717) is 30.7 Å². The van der Waals surface area contributed by atoms with Crippen LogP contribution in [0.15, 0.2) is 53.4 Å². The Morgan fingerprint density at radius 3 is 2.53 bits per heavy atom. The molecule has 3 rings (SSSR count). The normalized spacial score (nSPS) is 11.9. The number of imidazole rings is 1. The monoisotopic (exact) mass is 429 g/mol. The van der Waals surface area contributed by atoms with Gasteiger partial charge >= 0.3 is 5.97 Å². The number of benzene rings is 2. The Labute approximate surface area is 177 Å². The first kappa shape index (κ1) is 22.0. The number of aryl methyl sites for hydroxylation is 2. The van der Waals surface area contributed by atoms with Gasteiger partial charge in [-0.3, -0.25) is 4.79 Å². The van der Waals surface area contributed by atoms with Crippen LogP contribution >= 0.6 is 0 Å². The lowest BCUT2D eigenvalue weighted by atomic mass is 10.1. The molecule has 1 heterocycles. The van der Waals surface area contributed by atoms with Crippen molar-refractivity contribution in [2.75, 3.05) is 14.1 Å². The highest BCUT2D eigenvalue weighted by molar-refractivity contribution is 7.89. The number of fused-ring (bicyclic) bond motifs is 1. The minimum atomic E-state index is -3.54. The molecule has 0 atom stereocenters. The van der Waals surface area contributed by atoms with Crippen LogP contribution < -0.4 is 0 Å². The molecule has 2 aromatic carbocycles. The number of carbonyl (C=O) groups excluding carboxylic acids is 1. The van der Waals surface area contributed by atoms with E-state index in [1.54, 1.807) is 18.2 Å². The van der Waals surface area contributed by atoms with Gasteiger partial charge < -0.3 is 9.30 Å². The van der Waals surface area contributed by atoms with Gasteiger partial charge in [0.1, 0.15) is 12.4 Å². The maximum absolute atomic E-state index is 12.4. The van der Waals surface area contributed by atoms with Crippen LogP contribution in [0.5, 0.6) is 0 Å². The molecule has 0 radical (unpaired) electrons. The zero-order valence-corrected chi connectivity index (χ0v) is 18.4. The van der Waals surface area contributed by atoms with Gasteiger partial charge in [0.15, 0.2) is 0 Å². The van der Waals surface area contributed by atoms with E-state index in [1.165, 1.54) is 18.4 Å². The zero-order valence-electron chi connectivity index (χ0n) is 17.5. The molecule has 160 valence electrons. The van der Waals surface area contributed by atoms with Gasteiger partial charge in [-0.2, -0.15) is 0 Å². The Hall–Kier alpha value is -2.71. The Morgan fingerprint density at radius 1 is 1.13 bits per heavy atom. The number of rotatable bonds is 9. The summed E-state index contributed by atoms with van der Waals surface area (Å²) in [5, 5.41) is 0. The van der Waals surface area contributed by atoms with Crippen molar-refractivity contribution < 1.29 is 17.9 Å². The average Bonchev–Trinajstić information content (AvgIpc) is 3.08. The quantitative estimate of drug-likeness (QED) is 0.487. The molecule has 0 amide bonds. The van der Waals surface area contributed by atoms with E-state index < -0.39 is 10.0 Å². The molecule has 0 saturated heterocycles. The number of aromatic nitrogens is 2. The highest BCUT2D eigenvalue weighted by Gasteiger charge is 2.20. The van der Waals surface area contributed by atoms with Crippen molar-refractivity contribution in [3.63, 3.8) is 0 Å². The summed E-state index contributed by atoms with van der Waals surface area (Å²) < 4.78 is 33.4. The van der Waals surface area contributed by atoms with E-state index in [2.05, 4.69) is 4.98 Å². The number of hydrogen-bond acceptors (Lipinski definition) is 5. The Bertz CT molecular complexity index is 1120. The molecule has 0 bridgehead atoms. The summed E-state index contributed by atoms with van der Waals surface area (Å²) >= 11 is 0. The van der Waals surface area contributed by atoms with Crippen LogP contribution in [0.3, 0.4) is 0 Å². The molecular formula is C22H27N3O4S. The summed E-state index contributed by atoms with van der Waals surface area (Å²) in [7, 11) is -0.554. The molecule has 1 aromatic heterocycles. The van der Waals surface area contributed by atoms with Crippen molar-refractivity contribution >= 4 is 27.0 Å². The summed E-state index contributed by atoms with van der Waals surface area (Å²) in [6.45, 7) is 2.80. The largest absolute Gasteiger partial charge is 0.457 e. The van der Waals surface area contributed by atoms with Gasteiger partial charge in [0.25, 0.3) is 0 Å². The van der Waals surface area contributed by atoms with Crippen molar-refractivity contribution in [3.05, 3.63) is 59.9 Å². The number of carbonyl (C=O) groups is 1. The van der Waals surface area contributed by atoms with Gasteiger partial charge in [0.2, 0.25) is 10.0 Å². The Kier molecular flexibility index (Phi) is 6.89.